The Balaban J connectivity index is 1.35. The van der Waals surface area contributed by atoms with Gasteiger partial charge in [0.2, 0.25) is 0 Å². The molecule has 7 aromatic rings. The zero-order valence-electron chi connectivity index (χ0n) is 27.0. The van der Waals surface area contributed by atoms with E-state index < -0.39 is 0 Å². The van der Waals surface area contributed by atoms with Crippen LogP contribution in [0.2, 0.25) is 0 Å². The highest BCUT2D eigenvalue weighted by molar-refractivity contribution is 6.93. The lowest BCUT2D eigenvalue weighted by Crippen LogP contribution is -2.61. The van der Waals surface area contributed by atoms with Crippen molar-refractivity contribution >= 4 is 57.0 Å². The minimum atomic E-state index is -0.0129. The maximum atomic E-state index is 2.62. The number of nitrogens with zero attached hydrogens (tertiary/aromatic N) is 2. The molecule has 2 nitrogen and oxygen atoms in total. The van der Waals surface area contributed by atoms with E-state index in [1.54, 1.807) is 0 Å². The molecule has 47 heavy (non-hydrogen) atoms. The maximum Gasteiger partial charge on any atom is 0.333 e. The van der Waals surface area contributed by atoms with Gasteiger partial charge in [-0.05, 0) is 80.2 Å². The van der Waals surface area contributed by atoms with E-state index in [9.17, 15) is 0 Å². The molecule has 0 unspecified atom stereocenters. The van der Waals surface area contributed by atoms with Gasteiger partial charge in [-0.2, -0.15) is 0 Å². The molecule has 0 radical (unpaired) electrons. The minimum Gasteiger partial charge on any atom is -0.376 e. The summed E-state index contributed by atoms with van der Waals surface area (Å²) in [6.07, 6.45) is 0. The summed E-state index contributed by atoms with van der Waals surface area (Å²) < 4.78 is 0. The molecule has 9 rings (SSSR count). The van der Waals surface area contributed by atoms with Crippen molar-refractivity contribution in [3.05, 3.63) is 163 Å². The lowest BCUT2D eigenvalue weighted by molar-refractivity contribution is 0.590. The van der Waals surface area contributed by atoms with Gasteiger partial charge in [-0.1, -0.05) is 142 Å². The van der Waals surface area contributed by atoms with Crippen molar-refractivity contribution in [2.45, 2.75) is 26.2 Å². The van der Waals surface area contributed by atoms with Gasteiger partial charge in [0.15, 0.2) is 0 Å². The highest BCUT2D eigenvalue weighted by atomic mass is 15.2. The van der Waals surface area contributed by atoms with Gasteiger partial charge in [0.25, 0.3) is 0 Å². The van der Waals surface area contributed by atoms with E-state index in [0.29, 0.717) is 0 Å². The van der Waals surface area contributed by atoms with Gasteiger partial charge >= 0.3 is 6.85 Å². The highest BCUT2D eigenvalue weighted by Crippen LogP contribution is 2.49. The average molecular weight is 603 g/mol. The molecule has 2 heterocycles. The van der Waals surface area contributed by atoms with E-state index in [4.69, 9.17) is 0 Å². The van der Waals surface area contributed by atoms with E-state index in [0.717, 1.165) is 0 Å². The van der Waals surface area contributed by atoms with E-state index in [2.05, 4.69) is 188 Å². The van der Waals surface area contributed by atoms with E-state index in [1.165, 1.54) is 78.0 Å². The van der Waals surface area contributed by atoms with Crippen LogP contribution in [0.5, 0.6) is 0 Å². The van der Waals surface area contributed by atoms with Crippen LogP contribution in [0.3, 0.4) is 0 Å². The number of hydrogen-bond donors (Lipinski definition) is 0. The average Bonchev–Trinajstić information content (AvgIpc) is 3.11. The van der Waals surface area contributed by atoms with Crippen LogP contribution in [-0.2, 0) is 5.41 Å². The van der Waals surface area contributed by atoms with Crippen molar-refractivity contribution in [3.63, 3.8) is 0 Å². The SMILES string of the molecule is CC(C)(C)c1ccc(N2c3ccccc3B3c4c(cccc42)-c2ccccc2N3c2ccc3ccccc3c2-c2ccccc2)cc1. The summed E-state index contributed by atoms with van der Waals surface area (Å²) >= 11 is 0. The molecular weight excluding hydrogens is 567 g/mol. The Bertz CT molecular complexity index is 2300. The van der Waals surface area contributed by atoms with Crippen molar-refractivity contribution < 1.29 is 0 Å². The Labute approximate surface area is 277 Å². The molecular formula is C44H35BN2. The molecule has 2 aliphatic rings. The van der Waals surface area contributed by atoms with Crippen LogP contribution in [0.4, 0.5) is 28.4 Å². The normalized spacial score (nSPS) is 13.3. The molecule has 0 spiro atoms. The van der Waals surface area contributed by atoms with Crippen LogP contribution in [0.15, 0.2) is 158 Å². The van der Waals surface area contributed by atoms with E-state index in [-0.39, 0.29) is 12.3 Å². The Morgan fingerprint density at radius 2 is 1.15 bits per heavy atom. The highest BCUT2D eigenvalue weighted by Gasteiger charge is 2.45. The topological polar surface area (TPSA) is 6.48 Å². The largest absolute Gasteiger partial charge is 0.376 e. The molecule has 0 atom stereocenters. The van der Waals surface area contributed by atoms with Crippen LogP contribution >= 0.6 is 0 Å². The van der Waals surface area contributed by atoms with Crippen molar-refractivity contribution in [2.75, 3.05) is 9.71 Å². The molecule has 2 aliphatic heterocycles. The summed E-state index contributed by atoms with van der Waals surface area (Å²) in [5.74, 6) is 0. The minimum absolute atomic E-state index is 0.0129. The quantitative estimate of drug-likeness (QED) is 0.186. The number of anilines is 5. The van der Waals surface area contributed by atoms with Crippen LogP contribution in [0.1, 0.15) is 26.3 Å². The summed E-state index contributed by atoms with van der Waals surface area (Å²) in [4.78, 5) is 5.09. The smallest absolute Gasteiger partial charge is 0.333 e. The first-order valence-corrected chi connectivity index (χ1v) is 16.6. The predicted molar refractivity (Wildman–Crippen MR) is 202 cm³/mol. The number of rotatable bonds is 3. The van der Waals surface area contributed by atoms with Crippen LogP contribution in [0.25, 0.3) is 33.0 Å². The third kappa shape index (κ3) is 4.27. The fourth-order valence-corrected chi connectivity index (χ4v) is 7.82. The number of para-hydroxylation sites is 2. The summed E-state index contributed by atoms with van der Waals surface area (Å²) in [5.41, 5.74) is 15.2. The van der Waals surface area contributed by atoms with Crippen LogP contribution in [0, 0.1) is 0 Å². The molecule has 0 saturated carbocycles. The van der Waals surface area contributed by atoms with Gasteiger partial charge < -0.3 is 9.71 Å². The van der Waals surface area contributed by atoms with Crippen molar-refractivity contribution in [1.82, 2.24) is 0 Å². The molecule has 7 aromatic carbocycles. The molecule has 224 valence electrons. The Morgan fingerprint density at radius 1 is 0.489 bits per heavy atom. The van der Waals surface area contributed by atoms with Gasteiger partial charge in [-0.25, -0.2) is 0 Å². The second-order valence-corrected chi connectivity index (χ2v) is 13.8. The monoisotopic (exact) mass is 602 g/mol. The fourth-order valence-electron chi connectivity index (χ4n) is 7.82. The van der Waals surface area contributed by atoms with Crippen molar-refractivity contribution in [3.8, 4) is 22.3 Å². The standard InChI is InChI=1S/C44H35BN2/c1-44(2,3)32-25-27-33(28-26-32)46-39-22-12-10-20-37(39)45-43-36(19-13-23-41(43)46)35-18-9-11-21-38(35)47(45)40-29-24-30-14-7-8-17-34(30)42(40)31-15-5-4-6-16-31/h4-29H,1-3H3. The predicted octanol–water partition coefficient (Wildman–Crippen LogP) is 10.5. The third-order valence-corrected chi connectivity index (χ3v) is 10.0. The van der Waals surface area contributed by atoms with E-state index in [1.807, 2.05) is 0 Å². The number of benzene rings is 7. The van der Waals surface area contributed by atoms with E-state index >= 15 is 0 Å². The summed E-state index contributed by atoms with van der Waals surface area (Å²) in [5, 5.41) is 2.51. The van der Waals surface area contributed by atoms with Gasteiger partial charge in [0.1, 0.15) is 0 Å². The summed E-state index contributed by atoms with van der Waals surface area (Å²) in [6, 6.07) is 58.3. The Hall–Kier alpha value is -5.54. The zero-order valence-corrected chi connectivity index (χ0v) is 27.0. The molecule has 0 bridgehead atoms. The Morgan fingerprint density at radius 3 is 1.96 bits per heavy atom. The first-order chi connectivity index (χ1) is 23.0. The van der Waals surface area contributed by atoms with Gasteiger partial charge in [-0.15, -0.1) is 0 Å². The molecule has 0 fully saturated rings. The summed E-state index contributed by atoms with van der Waals surface area (Å²) in [7, 11) is 0. The van der Waals surface area contributed by atoms with Crippen LogP contribution < -0.4 is 20.6 Å². The van der Waals surface area contributed by atoms with Crippen molar-refractivity contribution in [2.24, 2.45) is 0 Å². The lowest BCUT2D eigenvalue weighted by atomic mass is 9.43. The lowest BCUT2D eigenvalue weighted by Gasteiger charge is -2.46. The molecule has 3 heteroatoms. The second-order valence-electron chi connectivity index (χ2n) is 13.8. The molecule has 0 saturated heterocycles. The Kier molecular flexibility index (Phi) is 6.20. The van der Waals surface area contributed by atoms with Gasteiger partial charge in [-0.3, -0.25) is 0 Å². The third-order valence-electron chi connectivity index (χ3n) is 10.0. The van der Waals surface area contributed by atoms with Crippen molar-refractivity contribution in [1.29, 1.82) is 0 Å². The first kappa shape index (κ1) is 27.7. The molecule has 0 aromatic heterocycles. The van der Waals surface area contributed by atoms with Gasteiger partial charge in [0, 0.05) is 39.6 Å². The zero-order chi connectivity index (χ0) is 31.7. The maximum absolute atomic E-state index is 2.62. The second kappa shape index (κ2) is 10.5. The molecule has 0 amide bonds. The summed E-state index contributed by atoms with van der Waals surface area (Å²) in [6.45, 7) is 6.82. The number of hydrogen-bond acceptors (Lipinski definition) is 2. The fraction of sp³-hybridized carbons (Fsp3) is 0.0909. The number of fused-ring (bicyclic) bond motifs is 5. The van der Waals surface area contributed by atoms with Crippen LogP contribution in [-0.4, -0.2) is 6.85 Å². The molecule has 0 N–H and O–H groups in total. The molecule has 0 aliphatic carbocycles. The van der Waals surface area contributed by atoms with Gasteiger partial charge in [0.05, 0.1) is 0 Å². The first-order valence-electron chi connectivity index (χ1n) is 16.6.